The number of rotatable bonds is 8. The Hall–Kier alpha value is -1.10. The minimum atomic E-state index is -0.404. The Kier molecular flexibility index (Phi) is 6.72. The zero-order valence-corrected chi connectivity index (χ0v) is 11.1. The normalized spacial score (nSPS) is 10.4. The van der Waals surface area contributed by atoms with Crippen molar-refractivity contribution >= 4 is 11.6 Å². The first-order valence-corrected chi connectivity index (χ1v) is 5.95. The van der Waals surface area contributed by atoms with Crippen molar-refractivity contribution in [1.29, 1.82) is 0 Å². The fraction of sp³-hybridized carbons (Fsp3) is 0.385. The molecule has 5 heteroatoms. The lowest BCUT2D eigenvalue weighted by atomic mass is 10.2. The van der Waals surface area contributed by atoms with Gasteiger partial charge in [-0.15, -0.1) is 0 Å². The van der Waals surface area contributed by atoms with Crippen LogP contribution in [0, 0.1) is 5.82 Å². The number of ether oxygens (including phenoxy) is 2. The maximum Gasteiger partial charge on any atom is 0.165 e. The van der Waals surface area contributed by atoms with E-state index in [1.54, 1.807) is 19.2 Å². The van der Waals surface area contributed by atoms with E-state index in [2.05, 4.69) is 11.9 Å². The maximum atomic E-state index is 13.6. The van der Waals surface area contributed by atoms with E-state index in [1.807, 2.05) is 0 Å². The Morgan fingerprint density at radius 2 is 2.28 bits per heavy atom. The van der Waals surface area contributed by atoms with Crippen LogP contribution in [0.15, 0.2) is 29.8 Å². The molecule has 1 N–H and O–H groups in total. The van der Waals surface area contributed by atoms with Crippen molar-refractivity contribution in [1.82, 2.24) is 5.32 Å². The van der Waals surface area contributed by atoms with Crippen LogP contribution in [-0.2, 0) is 11.3 Å². The first-order chi connectivity index (χ1) is 8.63. The summed E-state index contributed by atoms with van der Waals surface area (Å²) in [7, 11) is 1.64. The third-order valence-electron chi connectivity index (χ3n) is 2.19. The molecule has 0 fully saturated rings. The molecule has 0 unspecified atom stereocenters. The van der Waals surface area contributed by atoms with Crippen LogP contribution in [0.5, 0.6) is 5.75 Å². The van der Waals surface area contributed by atoms with Gasteiger partial charge < -0.3 is 14.8 Å². The SMILES string of the molecule is C=C(Cl)COc1ccc(CNCCOC)cc1F. The highest BCUT2D eigenvalue weighted by atomic mass is 35.5. The van der Waals surface area contributed by atoms with Crippen molar-refractivity contribution in [3.63, 3.8) is 0 Å². The van der Waals surface area contributed by atoms with Crippen molar-refractivity contribution in [3.8, 4) is 5.75 Å². The molecule has 0 aliphatic carbocycles. The smallest absolute Gasteiger partial charge is 0.165 e. The molecule has 1 rings (SSSR count). The van der Waals surface area contributed by atoms with Crippen LogP contribution in [0.3, 0.4) is 0 Å². The fourth-order valence-electron chi connectivity index (χ4n) is 1.33. The largest absolute Gasteiger partial charge is 0.485 e. The highest BCUT2D eigenvalue weighted by molar-refractivity contribution is 6.29. The molecule has 1 aromatic carbocycles. The van der Waals surface area contributed by atoms with Gasteiger partial charge in [-0.2, -0.15) is 0 Å². The van der Waals surface area contributed by atoms with Gasteiger partial charge in [-0.05, 0) is 17.7 Å². The van der Waals surface area contributed by atoms with Gasteiger partial charge in [-0.25, -0.2) is 4.39 Å². The summed E-state index contributed by atoms with van der Waals surface area (Å²) in [6, 6.07) is 4.82. The van der Waals surface area contributed by atoms with Gasteiger partial charge in [0.2, 0.25) is 0 Å². The molecule has 0 saturated heterocycles. The molecule has 0 aliphatic heterocycles. The molecule has 0 bridgehead atoms. The zero-order chi connectivity index (χ0) is 13.4. The van der Waals surface area contributed by atoms with Crippen LogP contribution in [0.2, 0.25) is 0 Å². The lowest BCUT2D eigenvalue weighted by Crippen LogP contribution is -2.18. The van der Waals surface area contributed by atoms with E-state index in [9.17, 15) is 4.39 Å². The van der Waals surface area contributed by atoms with E-state index in [0.29, 0.717) is 18.2 Å². The Labute approximate surface area is 112 Å². The average molecular weight is 274 g/mol. The fourth-order valence-corrected chi connectivity index (χ4v) is 1.39. The lowest BCUT2D eigenvalue weighted by molar-refractivity contribution is 0.199. The summed E-state index contributed by atoms with van der Waals surface area (Å²) in [5.41, 5.74) is 0.848. The number of hydrogen-bond donors (Lipinski definition) is 1. The molecular weight excluding hydrogens is 257 g/mol. The van der Waals surface area contributed by atoms with E-state index in [4.69, 9.17) is 21.1 Å². The highest BCUT2D eigenvalue weighted by Crippen LogP contribution is 2.19. The molecule has 1 aromatic rings. The van der Waals surface area contributed by atoms with Gasteiger partial charge >= 0.3 is 0 Å². The van der Waals surface area contributed by atoms with Crippen LogP contribution in [0.1, 0.15) is 5.56 Å². The maximum absolute atomic E-state index is 13.6. The summed E-state index contributed by atoms with van der Waals surface area (Å²) < 4.78 is 23.7. The molecule has 100 valence electrons. The van der Waals surface area contributed by atoms with Gasteiger partial charge in [0.25, 0.3) is 0 Å². The van der Waals surface area contributed by atoms with Crippen LogP contribution >= 0.6 is 11.6 Å². The minimum absolute atomic E-state index is 0.101. The molecule has 0 heterocycles. The van der Waals surface area contributed by atoms with Crippen LogP contribution in [0.4, 0.5) is 4.39 Å². The topological polar surface area (TPSA) is 30.5 Å². The van der Waals surface area contributed by atoms with E-state index >= 15 is 0 Å². The number of halogens is 2. The number of hydrogen-bond acceptors (Lipinski definition) is 3. The quantitative estimate of drug-likeness (QED) is 0.739. The third kappa shape index (κ3) is 5.49. The summed E-state index contributed by atoms with van der Waals surface area (Å²) in [6.45, 7) is 5.51. The zero-order valence-electron chi connectivity index (χ0n) is 10.3. The van der Waals surface area contributed by atoms with Crippen molar-refractivity contribution in [2.45, 2.75) is 6.54 Å². The van der Waals surface area contributed by atoms with E-state index in [1.165, 1.54) is 6.07 Å². The van der Waals surface area contributed by atoms with Crippen molar-refractivity contribution < 1.29 is 13.9 Å². The first kappa shape index (κ1) is 15.0. The summed E-state index contributed by atoms with van der Waals surface area (Å²) in [4.78, 5) is 0. The van der Waals surface area contributed by atoms with E-state index in [0.717, 1.165) is 12.1 Å². The van der Waals surface area contributed by atoms with Crippen molar-refractivity contribution in [2.75, 3.05) is 26.9 Å². The Balaban J connectivity index is 2.48. The average Bonchev–Trinajstić information content (AvgIpc) is 2.33. The van der Waals surface area contributed by atoms with Crippen LogP contribution in [0.25, 0.3) is 0 Å². The summed E-state index contributed by atoms with van der Waals surface area (Å²) in [5.74, 6) is -0.226. The van der Waals surface area contributed by atoms with Crippen molar-refractivity contribution in [2.24, 2.45) is 0 Å². The first-order valence-electron chi connectivity index (χ1n) is 5.57. The third-order valence-corrected chi connectivity index (χ3v) is 2.30. The molecule has 0 saturated carbocycles. The van der Waals surface area contributed by atoms with Crippen molar-refractivity contribution in [3.05, 3.63) is 41.2 Å². The molecule has 0 spiro atoms. The predicted molar refractivity (Wildman–Crippen MR) is 70.5 cm³/mol. The van der Waals surface area contributed by atoms with Gasteiger partial charge in [0.15, 0.2) is 11.6 Å². The predicted octanol–water partition coefficient (Wildman–Crippen LogP) is 2.69. The molecule has 0 aliphatic rings. The standard InChI is InChI=1S/C13H17ClFNO2/c1-10(14)9-18-13-4-3-11(7-12(13)15)8-16-5-6-17-2/h3-4,7,16H,1,5-6,8-9H2,2H3. The second-order valence-corrected chi connectivity index (χ2v) is 4.27. The van der Waals surface area contributed by atoms with Gasteiger partial charge in [0.1, 0.15) is 6.61 Å². The Bertz CT molecular complexity index is 399. The molecule has 0 aromatic heterocycles. The summed E-state index contributed by atoms with van der Waals surface area (Å²) in [5, 5.41) is 3.46. The molecule has 0 amide bonds. The Morgan fingerprint density at radius 1 is 1.50 bits per heavy atom. The van der Waals surface area contributed by atoms with Gasteiger partial charge in [0, 0.05) is 25.2 Å². The van der Waals surface area contributed by atoms with Crippen LogP contribution < -0.4 is 10.1 Å². The van der Waals surface area contributed by atoms with E-state index in [-0.39, 0.29) is 12.4 Å². The number of methoxy groups -OCH3 is 1. The second-order valence-electron chi connectivity index (χ2n) is 3.74. The minimum Gasteiger partial charge on any atom is -0.485 e. The molecular formula is C13H17ClFNO2. The lowest BCUT2D eigenvalue weighted by Gasteiger charge is -2.08. The summed E-state index contributed by atoms with van der Waals surface area (Å²) in [6.07, 6.45) is 0. The monoisotopic (exact) mass is 273 g/mol. The molecule has 3 nitrogen and oxygen atoms in total. The molecule has 0 atom stereocenters. The van der Waals surface area contributed by atoms with E-state index < -0.39 is 5.82 Å². The highest BCUT2D eigenvalue weighted by Gasteiger charge is 2.05. The second kappa shape index (κ2) is 8.08. The van der Waals surface area contributed by atoms with Gasteiger partial charge in [-0.3, -0.25) is 0 Å². The number of benzene rings is 1. The van der Waals surface area contributed by atoms with Gasteiger partial charge in [0.05, 0.1) is 6.61 Å². The van der Waals surface area contributed by atoms with Gasteiger partial charge in [-0.1, -0.05) is 24.2 Å². The molecule has 0 radical (unpaired) electrons. The number of nitrogens with one attached hydrogen (secondary N) is 1. The Morgan fingerprint density at radius 3 is 2.89 bits per heavy atom. The van der Waals surface area contributed by atoms with Crippen LogP contribution in [-0.4, -0.2) is 26.9 Å². The molecule has 18 heavy (non-hydrogen) atoms. The summed E-state index contributed by atoms with van der Waals surface area (Å²) >= 11 is 5.55.